The Morgan fingerprint density at radius 3 is 1.65 bits per heavy atom. The summed E-state index contributed by atoms with van der Waals surface area (Å²) >= 11 is 0. The van der Waals surface area contributed by atoms with Crippen molar-refractivity contribution in [2.24, 2.45) is 10.2 Å². The molecule has 116 valence electrons. The van der Waals surface area contributed by atoms with Gasteiger partial charge in [-0.25, -0.2) is 8.42 Å². The predicted octanol–water partition coefficient (Wildman–Crippen LogP) is 1.83. The van der Waals surface area contributed by atoms with Crippen LogP contribution in [0.5, 0.6) is 0 Å². The van der Waals surface area contributed by atoms with Gasteiger partial charge in [-0.15, -0.1) is 0 Å². The standard InChI is InChI=1S/C3H6ClN3O2S.C3H7N3O3S/c4-10(8,9)3-1-2-6-7-5;4-6-5-2-1-3-10(7,8)9/h1-3H2;1-3H2,(H,7,8,9). The quantitative estimate of drug-likeness (QED) is 0.174. The first-order valence-electron chi connectivity index (χ1n) is 5.01. The van der Waals surface area contributed by atoms with Gasteiger partial charge < -0.3 is 0 Å². The highest BCUT2D eigenvalue weighted by molar-refractivity contribution is 8.13. The lowest BCUT2D eigenvalue weighted by molar-refractivity contribution is 0.481. The van der Waals surface area contributed by atoms with Crippen molar-refractivity contribution in [3.8, 4) is 0 Å². The second-order valence-electron chi connectivity index (χ2n) is 3.15. The molecule has 0 aliphatic rings. The highest BCUT2D eigenvalue weighted by atomic mass is 35.7. The van der Waals surface area contributed by atoms with Crippen LogP contribution in [0, 0.1) is 0 Å². The Kier molecular flexibility index (Phi) is 12.2. The van der Waals surface area contributed by atoms with Gasteiger partial charge in [0.25, 0.3) is 10.1 Å². The molecule has 0 radical (unpaired) electrons. The first kappa shape index (κ1) is 21.1. The van der Waals surface area contributed by atoms with Crippen LogP contribution in [0.1, 0.15) is 12.8 Å². The van der Waals surface area contributed by atoms with Crippen molar-refractivity contribution in [3.05, 3.63) is 20.9 Å². The van der Waals surface area contributed by atoms with Crippen molar-refractivity contribution in [2.75, 3.05) is 24.6 Å². The molecule has 0 atom stereocenters. The van der Waals surface area contributed by atoms with Crippen LogP contribution >= 0.6 is 10.7 Å². The third-order valence-electron chi connectivity index (χ3n) is 1.43. The fourth-order valence-corrected chi connectivity index (χ4v) is 2.01. The molecule has 0 aliphatic heterocycles. The second kappa shape index (κ2) is 11.6. The van der Waals surface area contributed by atoms with E-state index in [2.05, 4.69) is 20.1 Å². The Hall–Kier alpha value is -1.23. The van der Waals surface area contributed by atoms with E-state index in [1.165, 1.54) is 0 Å². The highest BCUT2D eigenvalue weighted by Crippen LogP contribution is 1.98. The van der Waals surface area contributed by atoms with Gasteiger partial charge in [0.1, 0.15) is 0 Å². The van der Waals surface area contributed by atoms with E-state index < -0.39 is 19.2 Å². The van der Waals surface area contributed by atoms with Crippen LogP contribution in [0.4, 0.5) is 0 Å². The van der Waals surface area contributed by atoms with Gasteiger partial charge in [-0.3, -0.25) is 4.55 Å². The predicted molar refractivity (Wildman–Crippen MR) is 73.3 cm³/mol. The molecule has 0 unspecified atom stereocenters. The van der Waals surface area contributed by atoms with Crippen molar-refractivity contribution in [1.82, 2.24) is 0 Å². The lowest BCUT2D eigenvalue weighted by Gasteiger charge is -1.90. The molecule has 0 rings (SSSR count). The lowest BCUT2D eigenvalue weighted by Crippen LogP contribution is -2.04. The third kappa shape index (κ3) is 25.6. The van der Waals surface area contributed by atoms with Crippen LogP contribution in [-0.4, -0.2) is 46.0 Å². The number of hydrogen-bond acceptors (Lipinski definition) is 6. The molecule has 0 heterocycles. The monoisotopic (exact) mass is 348 g/mol. The summed E-state index contributed by atoms with van der Waals surface area (Å²) in [5.41, 5.74) is 15.5. The number of rotatable bonds is 8. The molecule has 0 saturated heterocycles. The summed E-state index contributed by atoms with van der Waals surface area (Å²) < 4.78 is 48.6. The van der Waals surface area contributed by atoms with Crippen molar-refractivity contribution in [2.45, 2.75) is 12.8 Å². The first-order valence-corrected chi connectivity index (χ1v) is 9.10. The summed E-state index contributed by atoms with van der Waals surface area (Å²) in [5, 5.41) is 6.21. The minimum atomic E-state index is -3.89. The number of hydrogen-bond donors (Lipinski definition) is 1. The van der Waals surface area contributed by atoms with Crippen LogP contribution in [-0.2, 0) is 19.2 Å². The largest absolute Gasteiger partial charge is 0.286 e. The van der Waals surface area contributed by atoms with E-state index in [-0.39, 0.29) is 37.4 Å². The van der Waals surface area contributed by atoms with Crippen LogP contribution in [0.3, 0.4) is 0 Å². The molecule has 20 heavy (non-hydrogen) atoms. The maximum Gasteiger partial charge on any atom is 0.264 e. The van der Waals surface area contributed by atoms with Gasteiger partial charge in [0.15, 0.2) is 0 Å². The van der Waals surface area contributed by atoms with Gasteiger partial charge in [-0.2, -0.15) is 8.42 Å². The Morgan fingerprint density at radius 1 is 0.950 bits per heavy atom. The number of nitrogens with zero attached hydrogens (tertiary/aromatic N) is 6. The minimum absolute atomic E-state index is 0.0935. The molecular weight excluding hydrogens is 336 g/mol. The molecule has 0 aromatic rings. The summed E-state index contributed by atoms with van der Waals surface area (Å²) in [6.07, 6.45) is 0.429. The Bertz CT molecular complexity index is 511. The number of azide groups is 2. The van der Waals surface area contributed by atoms with Crippen LogP contribution in [0.25, 0.3) is 20.9 Å². The molecule has 0 bridgehead atoms. The molecular formula is C6H13ClN6O5S2. The molecule has 11 nitrogen and oxygen atoms in total. The van der Waals surface area contributed by atoms with E-state index in [0.717, 1.165) is 0 Å². The topological polar surface area (TPSA) is 186 Å². The summed E-state index contributed by atoms with van der Waals surface area (Å²) in [6, 6.07) is 0. The van der Waals surface area contributed by atoms with Crippen LogP contribution in [0.2, 0.25) is 0 Å². The zero-order valence-electron chi connectivity index (χ0n) is 10.2. The molecule has 14 heteroatoms. The molecule has 0 spiro atoms. The van der Waals surface area contributed by atoms with Gasteiger partial charge in [0, 0.05) is 33.6 Å². The molecule has 1 N–H and O–H groups in total. The van der Waals surface area contributed by atoms with E-state index in [4.69, 9.17) is 26.3 Å². The summed E-state index contributed by atoms with van der Waals surface area (Å²) in [5.74, 6) is -0.500. The molecule has 0 aliphatic carbocycles. The Balaban J connectivity index is 0. The van der Waals surface area contributed by atoms with E-state index in [0.29, 0.717) is 0 Å². The minimum Gasteiger partial charge on any atom is -0.286 e. The fourth-order valence-electron chi connectivity index (χ4n) is 0.715. The maximum atomic E-state index is 10.2. The highest BCUT2D eigenvalue weighted by Gasteiger charge is 2.02. The van der Waals surface area contributed by atoms with E-state index in [9.17, 15) is 16.8 Å². The average Bonchev–Trinajstić information content (AvgIpc) is 2.29. The van der Waals surface area contributed by atoms with Gasteiger partial charge in [0.05, 0.1) is 11.5 Å². The van der Waals surface area contributed by atoms with Crippen LogP contribution in [0.15, 0.2) is 10.2 Å². The maximum absolute atomic E-state index is 10.2. The fraction of sp³-hybridized carbons (Fsp3) is 1.00. The Labute approximate surface area is 120 Å². The van der Waals surface area contributed by atoms with Gasteiger partial charge >= 0.3 is 0 Å². The average molecular weight is 349 g/mol. The van der Waals surface area contributed by atoms with Gasteiger partial charge in [0.2, 0.25) is 9.05 Å². The first-order chi connectivity index (χ1) is 9.12. The smallest absolute Gasteiger partial charge is 0.264 e. The van der Waals surface area contributed by atoms with E-state index >= 15 is 0 Å². The van der Waals surface area contributed by atoms with E-state index in [1.807, 2.05) is 0 Å². The van der Waals surface area contributed by atoms with Crippen molar-refractivity contribution >= 4 is 29.9 Å². The molecule has 0 amide bonds. The van der Waals surface area contributed by atoms with Crippen molar-refractivity contribution in [1.29, 1.82) is 0 Å². The van der Waals surface area contributed by atoms with Crippen molar-refractivity contribution in [3.63, 3.8) is 0 Å². The normalized spacial score (nSPS) is 10.5. The zero-order chi connectivity index (χ0) is 16.1. The Morgan fingerprint density at radius 2 is 1.35 bits per heavy atom. The zero-order valence-corrected chi connectivity index (χ0v) is 12.6. The summed E-state index contributed by atoms with van der Waals surface area (Å²) in [7, 11) is -2.45. The summed E-state index contributed by atoms with van der Waals surface area (Å²) in [4.78, 5) is 4.85. The lowest BCUT2D eigenvalue weighted by atomic mass is 10.5. The molecule has 0 aromatic carbocycles. The van der Waals surface area contributed by atoms with Crippen LogP contribution < -0.4 is 0 Å². The number of halogens is 1. The molecule has 0 fully saturated rings. The SMILES string of the molecule is [N-]=[N+]=NCCCS(=O)(=O)Cl.[N-]=[N+]=NCCCS(=O)(=O)O. The third-order valence-corrected chi connectivity index (χ3v) is 3.48. The molecule has 0 aromatic heterocycles. The molecule has 0 saturated carbocycles. The van der Waals surface area contributed by atoms with E-state index in [1.54, 1.807) is 0 Å². The second-order valence-corrected chi connectivity index (χ2v) is 7.61. The van der Waals surface area contributed by atoms with Crippen molar-refractivity contribution < 1.29 is 21.4 Å². The summed E-state index contributed by atoms with van der Waals surface area (Å²) in [6.45, 7) is 0.263. The van der Waals surface area contributed by atoms with Gasteiger partial charge in [-0.1, -0.05) is 10.2 Å². The van der Waals surface area contributed by atoms with Gasteiger partial charge in [-0.05, 0) is 23.9 Å².